The van der Waals surface area contributed by atoms with Crippen molar-refractivity contribution in [3.05, 3.63) is 54.6 Å². The molecule has 2 rings (SSSR count). The van der Waals surface area contributed by atoms with E-state index in [1.807, 2.05) is 54.6 Å². The van der Waals surface area contributed by atoms with Crippen LogP contribution in [0.25, 0.3) is 11.1 Å². The molecule has 0 spiro atoms. The molecule has 2 aromatic carbocycles. The van der Waals surface area contributed by atoms with Crippen molar-refractivity contribution in [3.63, 3.8) is 0 Å². The van der Waals surface area contributed by atoms with Crippen molar-refractivity contribution in [2.45, 2.75) is 13.8 Å². The number of carbonyl (C=O) groups is 1. The average molecular weight is 311 g/mol. The molecule has 0 saturated carbocycles. The molecule has 122 valence electrons. The number of amides is 2. The lowest BCUT2D eigenvalue weighted by atomic mass is 10.0. The minimum Gasteiger partial charge on any atom is -0.337 e. The van der Waals surface area contributed by atoms with Crippen molar-refractivity contribution in [2.24, 2.45) is 0 Å². The summed E-state index contributed by atoms with van der Waals surface area (Å²) in [6, 6.07) is 17.7. The maximum absolute atomic E-state index is 12.1. The smallest absolute Gasteiger partial charge is 0.319 e. The molecule has 2 aromatic rings. The number of hydrogen-bond acceptors (Lipinski definition) is 2. The Morgan fingerprint density at radius 1 is 0.957 bits per heavy atom. The molecule has 0 aliphatic heterocycles. The quantitative estimate of drug-likeness (QED) is 0.816. The Hall–Kier alpha value is -2.33. The summed E-state index contributed by atoms with van der Waals surface area (Å²) in [6.07, 6.45) is 0. The summed E-state index contributed by atoms with van der Waals surface area (Å²) < 4.78 is 0. The molecule has 2 N–H and O–H groups in total. The van der Waals surface area contributed by atoms with Gasteiger partial charge in [-0.1, -0.05) is 62.4 Å². The molecular formula is C19H25N3O. The highest BCUT2D eigenvalue weighted by molar-refractivity contribution is 5.94. The van der Waals surface area contributed by atoms with Gasteiger partial charge in [0.1, 0.15) is 0 Å². The first kappa shape index (κ1) is 17.0. The number of hydrogen-bond donors (Lipinski definition) is 2. The summed E-state index contributed by atoms with van der Waals surface area (Å²) in [5.41, 5.74) is 2.93. The van der Waals surface area contributed by atoms with Gasteiger partial charge in [0.05, 0.1) is 5.69 Å². The average Bonchev–Trinajstić information content (AvgIpc) is 2.60. The van der Waals surface area contributed by atoms with Crippen LogP contribution in [0.2, 0.25) is 0 Å². The lowest BCUT2D eigenvalue weighted by molar-refractivity contribution is 0.248. The highest BCUT2D eigenvalue weighted by Gasteiger charge is 2.08. The van der Waals surface area contributed by atoms with E-state index in [9.17, 15) is 4.79 Å². The van der Waals surface area contributed by atoms with Crippen LogP contribution in [-0.4, -0.2) is 37.1 Å². The second-order valence-corrected chi connectivity index (χ2v) is 5.32. The maximum Gasteiger partial charge on any atom is 0.319 e. The molecule has 0 unspecified atom stereocenters. The molecule has 4 heteroatoms. The van der Waals surface area contributed by atoms with Gasteiger partial charge in [0.25, 0.3) is 0 Å². The van der Waals surface area contributed by atoms with Crippen molar-refractivity contribution in [3.8, 4) is 11.1 Å². The topological polar surface area (TPSA) is 44.4 Å². The predicted molar refractivity (Wildman–Crippen MR) is 96.7 cm³/mol. The van der Waals surface area contributed by atoms with Gasteiger partial charge in [-0.2, -0.15) is 0 Å². The number of benzene rings is 2. The van der Waals surface area contributed by atoms with Gasteiger partial charge in [-0.25, -0.2) is 4.79 Å². The lowest BCUT2D eigenvalue weighted by Crippen LogP contribution is -2.36. The molecular weight excluding hydrogens is 286 g/mol. The fourth-order valence-corrected chi connectivity index (χ4v) is 2.50. The van der Waals surface area contributed by atoms with Gasteiger partial charge >= 0.3 is 6.03 Å². The van der Waals surface area contributed by atoms with E-state index in [1.54, 1.807) is 0 Å². The number of nitrogens with one attached hydrogen (secondary N) is 2. The molecule has 0 aliphatic rings. The van der Waals surface area contributed by atoms with Gasteiger partial charge in [0, 0.05) is 18.7 Å². The Kier molecular flexibility index (Phi) is 6.63. The zero-order chi connectivity index (χ0) is 16.5. The fourth-order valence-electron chi connectivity index (χ4n) is 2.50. The molecule has 0 bridgehead atoms. The number of para-hydroxylation sites is 1. The van der Waals surface area contributed by atoms with Crippen LogP contribution in [0.1, 0.15) is 13.8 Å². The Morgan fingerprint density at radius 3 is 2.30 bits per heavy atom. The summed E-state index contributed by atoms with van der Waals surface area (Å²) in [4.78, 5) is 14.4. The molecule has 23 heavy (non-hydrogen) atoms. The molecule has 0 aromatic heterocycles. The standard InChI is InChI=1S/C19H25N3O/c1-3-22(4-2)15-14-20-19(23)21-18-13-9-8-12-17(18)16-10-6-5-7-11-16/h5-13H,3-4,14-15H2,1-2H3,(H2,20,21,23). The van der Waals surface area contributed by atoms with E-state index in [-0.39, 0.29) is 6.03 Å². The van der Waals surface area contributed by atoms with Gasteiger partial charge in [-0.3, -0.25) is 0 Å². The number of anilines is 1. The first-order valence-electron chi connectivity index (χ1n) is 8.16. The third-order valence-electron chi connectivity index (χ3n) is 3.87. The molecule has 0 saturated heterocycles. The Bertz CT molecular complexity index is 609. The van der Waals surface area contributed by atoms with Crippen LogP contribution in [0.5, 0.6) is 0 Å². The van der Waals surface area contributed by atoms with Crippen LogP contribution in [0, 0.1) is 0 Å². The van der Waals surface area contributed by atoms with E-state index in [0.29, 0.717) is 6.54 Å². The van der Waals surface area contributed by atoms with Crippen LogP contribution in [0.15, 0.2) is 54.6 Å². The second kappa shape index (κ2) is 8.96. The van der Waals surface area contributed by atoms with E-state index in [4.69, 9.17) is 0 Å². The molecule has 0 atom stereocenters. The first-order valence-corrected chi connectivity index (χ1v) is 8.16. The highest BCUT2D eigenvalue weighted by atomic mass is 16.2. The third-order valence-corrected chi connectivity index (χ3v) is 3.87. The molecule has 4 nitrogen and oxygen atoms in total. The minimum atomic E-state index is -0.166. The number of carbonyl (C=O) groups excluding carboxylic acids is 1. The molecule has 0 radical (unpaired) electrons. The Balaban J connectivity index is 1.97. The zero-order valence-electron chi connectivity index (χ0n) is 13.9. The SMILES string of the molecule is CCN(CC)CCNC(=O)Nc1ccccc1-c1ccccc1. The summed E-state index contributed by atoms with van der Waals surface area (Å²) in [5.74, 6) is 0. The fraction of sp³-hybridized carbons (Fsp3) is 0.316. The van der Waals surface area contributed by atoms with Crippen molar-refractivity contribution >= 4 is 11.7 Å². The predicted octanol–water partition coefficient (Wildman–Crippen LogP) is 3.82. The highest BCUT2D eigenvalue weighted by Crippen LogP contribution is 2.27. The number of rotatable bonds is 7. The van der Waals surface area contributed by atoms with E-state index in [2.05, 4.69) is 29.4 Å². The molecule has 2 amide bonds. The summed E-state index contributed by atoms with van der Waals surface area (Å²) in [6.45, 7) is 7.74. The Morgan fingerprint density at radius 2 is 1.61 bits per heavy atom. The van der Waals surface area contributed by atoms with Crippen LogP contribution >= 0.6 is 0 Å². The number of urea groups is 1. The van der Waals surface area contributed by atoms with E-state index >= 15 is 0 Å². The van der Waals surface area contributed by atoms with E-state index < -0.39 is 0 Å². The van der Waals surface area contributed by atoms with Crippen molar-refractivity contribution < 1.29 is 4.79 Å². The van der Waals surface area contributed by atoms with Gasteiger partial charge in [-0.15, -0.1) is 0 Å². The van der Waals surface area contributed by atoms with Crippen molar-refractivity contribution in [1.29, 1.82) is 0 Å². The molecule has 0 fully saturated rings. The minimum absolute atomic E-state index is 0.166. The normalized spacial score (nSPS) is 10.6. The monoisotopic (exact) mass is 311 g/mol. The first-order chi connectivity index (χ1) is 11.2. The summed E-state index contributed by atoms with van der Waals surface area (Å²) >= 11 is 0. The molecule has 0 heterocycles. The van der Waals surface area contributed by atoms with Gasteiger partial charge < -0.3 is 15.5 Å². The number of likely N-dealkylation sites (N-methyl/N-ethyl adjacent to an activating group) is 1. The van der Waals surface area contributed by atoms with Crippen LogP contribution in [0.3, 0.4) is 0 Å². The Labute approximate surface area is 138 Å². The van der Waals surface area contributed by atoms with Gasteiger partial charge in [0.15, 0.2) is 0 Å². The zero-order valence-corrected chi connectivity index (χ0v) is 13.9. The largest absolute Gasteiger partial charge is 0.337 e. The second-order valence-electron chi connectivity index (χ2n) is 5.32. The van der Waals surface area contributed by atoms with Crippen molar-refractivity contribution in [2.75, 3.05) is 31.5 Å². The molecule has 0 aliphatic carbocycles. The summed E-state index contributed by atoms with van der Waals surface area (Å²) in [5, 5.41) is 5.87. The van der Waals surface area contributed by atoms with Crippen molar-refractivity contribution in [1.82, 2.24) is 10.2 Å². The lowest BCUT2D eigenvalue weighted by Gasteiger charge is -2.18. The third kappa shape index (κ3) is 5.11. The van der Waals surface area contributed by atoms with Crippen LogP contribution in [0.4, 0.5) is 10.5 Å². The van der Waals surface area contributed by atoms with E-state index in [1.165, 1.54) is 0 Å². The van der Waals surface area contributed by atoms with Gasteiger partial charge in [-0.05, 0) is 24.7 Å². The number of nitrogens with zero attached hydrogens (tertiary/aromatic N) is 1. The summed E-state index contributed by atoms with van der Waals surface area (Å²) in [7, 11) is 0. The van der Waals surface area contributed by atoms with Gasteiger partial charge in [0.2, 0.25) is 0 Å². The van der Waals surface area contributed by atoms with Crippen LogP contribution < -0.4 is 10.6 Å². The maximum atomic E-state index is 12.1. The van der Waals surface area contributed by atoms with Crippen LogP contribution in [-0.2, 0) is 0 Å². The van der Waals surface area contributed by atoms with E-state index in [0.717, 1.165) is 36.4 Å².